The molecule has 106 valence electrons. The summed E-state index contributed by atoms with van der Waals surface area (Å²) in [6.07, 6.45) is 2.06. The lowest BCUT2D eigenvalue weighted by atomic mass is 10.0. The van der Waals surface area contributed by atoms with Crippen molar-refractivity contribution in [3.8, 4) is 0 Å². The maximum Gasteiger partial charge on any atom is 0.169 e. The van der Waals surface area contributed by atoms with Crippen molar-refractivity contribution in [1.82, 2.24) is 4.57 Å². The average Bonchev–Trinajstić information content (AvgIpc) is 2.78. The summed E-state index contributed by atoms with van der Waals surface area (Å²) in [7, 11) is 1.88. The number of nitrogens with zero attached hydrogens (tertiary/aromatic N) is 1. The lowest BCUT2D eigenvalue weighted by Crippen LogP contribution is -2.03. The number of fused-ring (bicyclic) bond motifs is 1. The van der Waals surface area contributed by atoms with Gasteiger partial charge in [0.2, 0.25) is 0 Å². The molecule has 0 amide bonds. The number of Topliss-reactive ketones (excluding diaryl/α,β-unsaturated/α-hetero) is 1. The van der Waals surface area contributed by atoms with Gasteiger partial charge < -0.3 is 4.57 Å². The largest absolute Gasteiger partial charge is 0.350 e. The minimum Gasteiger partial charge on any atom is -0.350 e. The Bertz CT molecular complexity index is 821. The van der Waals surface area contributed by atoms with Crippen molar-refractivity contribution in [3.63, 3.8) is 0 Å². The third-order valence-corrected chi connectivity index (χ3v) is 3.77. The van der Waals surface area contributed by atoms with Gasteiger partial charge in [0.15, 0.2) is 5.78 Å². The highest BCUT2D eigenvalue weighted by Gasteiger charge is 2.14. The van der Waals surface area contributed by atoms with Crippen molar-refractivity contribution >= 4 is 28.3 Å². The van der Waals surface area contributed by atoms with Crippen LogP contribution in [0.5, 0.6) is 0 Å². The molecule has 0 aliphatic rings. The molecule has 3 rings (SSSR count). The van der Waals surface area contributed by atoms with Crippen LogP contribution in [-0.2, 0) is 13.5 Å². The Morgan fingerprint density at radius 1 is 1.19 bits per heavy atom. The number of aryl methyl sites for hydroxylation is 1. The summed E-state index contributed by atoms with van der Waals surface area (Å²) in [5.74, 6) is -0.291. The van der Waals surface area contributed by atoms with Crippen molar-refractivity contribution in [2.75, 3.05) is 0 Å². The molecule has 4 heteroatoms. The first-order valence-electron chi connectivity index (χ1n) is 6.57. The van der Waals surface area contributed by atoms with E-state index < -0.39 is 0 Å². The van der Waals surface area contributed by atoms with Crippen LogP contribution in [0.25, 0.3) is 10.9 Å². The number of carbonyl (C=O) groups excluding carboxylic acids is 1. The van der Waals surface area contributed by atoms with E-state index in [4.69, 9.17) is 11.6 Å². The van der Waals surface area contributed by atoms with Crippen molar-refractivity contribution < 1.29 is 9.18 Å². The van der Waals surface area contributed by atoms with E-state index in [1.54, 1.807) is 18.2 Å². The molecule has 0 aliphatic heterocycles. The summed E-state index contributed by atoms with van der Waals surface area (Å²) in [6, 6.07) is 11.5. The van der Waals surface area contributed by atoms with Gasteiger partial charge in [-0.05, 0) is 29.8 Å². The summed E-state index contributed by atoms with van der Waals surface area (Å²) < 4.78 is 14.8. The standard InChI is InChI=1S/C17H13ClFNO/c1-20-10-15(14-7-4-12(18)9-16(14)20)17(21)8-11-2-5-13(19)6-3-11/h2-7,9-10H,8H2,1H3. The van der Waals surface area contributed by atoms with Crippen LogP contribution < -0.4 is 0 Å². The van der Waals surface area contributed by atoms with Gasteiger partial charge in [0.25, 0.3) is 0 Å². The SMILES string of the molecule is Cn1cc(C(=O)Cc2ccc(F)cc2)c2ccc(Cl)cc21. The molecule has 0 atom stereocenters. The number of benzene rings is 2. The minimum atomic E-state index is -0.300. The van der Waals surface area contributed by atoms with Crippen LogP contribution in [0.15, 0.2) is 48.7 Å². The Kier molecular flexibility index (Phi) is 3.52. The first-order chi connectivity index (χ1) is 10.0. The molecule has 0 aliphatic carbocycles. The van der Waals surface area contributed by atoms with E-state index in [9.17, 15) is 9.18 Å². The summed E-state index contributed by atoms with van der Waals surface area (Å²) in [5.41, 5.74) is 2.38. The summed E-state index contributed by atoms with van der Waals surface area (Å²) in [4.78, 5) is 12.5. The molecule has 0 bridgehead atoms. The quantitative estimate of drug-likeness (QED) is 0.657. The maximum absolute atomic E-state index is 12.9. The zero-order valence-corrected chi connectivity index (χ0v) is 12.2. The molecule has 2 nitrogen and oxygen atoms in total. The second-order valence-corrected chi connectivity index (χ2v) is 5.48. The topological polar surface area (TPSA) is 22.0 Å². The van der Waals surface area contributed by atoms with E-state index >= 15 is 0 Å². The molecular formula is C17H13ClFNO. The van der Waals surface area contributed by atoms with Crippen molar-refractivity contribution in [2.45, 2.75) is 6.42 Å². The van der Waals surface area contributed by atoms with Gasteiger partial charge in [-0.2, -0.15) is 0 Å². The molecule has 0 saturated carbocycles. The molecule has 1 heterocycles. The third-order valence-electron chi connectivity index (χ3n) is 3.53. The van der Waals surface area contributed by atoms with Gasteiger partial charge in [-0.15, -0.1) is 0 Å². The smallest absolute Gasteiger partial charge is 0.169 e. The number of hydrogen-bond acceptors (Lipinski definition) is 1. The van der Waals surface area contributed by atoms with E-state index in [1.807, 2.05) is 29.9 Å². The zero-order valence-electron chi connectivity index (χ0n) is 11.4. The molecule has 1 aromatic heterocycles. The van der Waals surface area contributed by atoms with E-state index in [0.29, 0.717) is 10.6 Å². The predicted octanol–water partition coefficient (Wildman–Crippen LogP) is 4.40. The average molecular weight is 302 g/mol. The number of halogens is 2. The fraction of sp³-hybridized carbons (Fsp3) is 0.118. The van der Waals surface area contributed by atoms with Crippen LogP contribution in [0.3, 0.4) is 0 Å². The van der Waals surface area contributed by atoms with Gasteiger partial charge in [-0.25, -0.2) is 4.39 Å². The van der Waals surface area contributed by atoms with Gasteiger partial charge in [0, 0.05) is 41.2 Å². The van der Waals surface area contributed by atoms with Crippen molar-refractivity contribution in [1.29, 1.82) is 0 Å². The molecule has 3 aromatic rings. The number of aromatic nitrogens is 1. The monoisotopic (exact) mass is 301 g/mol. The van der Waals surface area contributed by atoms with E-state index in [1.165, 1.54) is 12.1 Å². The summed E-state index contributed by atoms with van der Waals surface area (Å²) in [5, 5.41) is 1.52. The first-order valence-corrected chi connectivity index (χ1v) is 6.94. The van der Waals surface area contributed by atoms with E-state index in [0.717, 1.165) is 16.5 Å². The van der Waals surface area contributed by atoms with Gasteiger partial charge in [0.1, 0.15) is 5.82 Å². The van der Waals surface area contributed by atoms with E-state index in [2.05, 4.69) is 0 Å². The number of carbonyl (C=O) groups is 1. The molecule has 0 saturated heterocycles. The fourth-order valence-corrected chi connectivity index (χ4v) is 2.63. The summed E-state index contributed by atoms with van der Waals surface area (Å²) in [6.45, 7) is 0. The lowest BCUT2D eigenvalue weighted by molar-refractivity contribution is 0.0994. The molecule has 2 aromatic carbocycles. The fourth-order valence-electron chi connectivity index (χ4n) is 2.46. The van der Waals surface area contributed by atoms with E-state index in [-0.39, 0.29) is 18.0 Å². The molecule has 0 N–H and O–H groups in total. The highest BCUT2D eigenvalue weighted by atomic mass is 35.5. The Morgan fingerprint density at radius 2 is 1.90 bits per heavy atom. The second kappa shape index (κ2) is 5.34. The highest BCUT2D eigenvalue weighted by Crippen LogP contribution is 2.25. The molecule has 0 spiro atoms. The van der Waals surface area contributed by atoms with Crippen LogP contribution >= 0.6 is 11.6 Å². The number of ketones is 1. The Balaban J connectivity index is 1.96. The van der Waals surface area contributed by atoms with Crippen LogP contribution in [0.1, 0.15) is 15.9 Å². The third kappa shape index (κ3) is 2.69. The molecule has 21 heavy (non-hydrogen) atoms. The minimum absolute atomic E-state index is 0.00882. The molecule has 0 fully saturated rings. The van der Waals surface area contributed by atoms with Crippen LogP contribution in [0, 0.1) is 5.82 Å². The Hall–Kier alpha value is -2.13. The zero-order chi connectivity index (χ0) is 15.0. The summed E-state index contributed by atoms with van der Waals surface area (Å²) >= 11 is 5.99. The van der Waals surface area contributed by atoms with Gasteiger partial charge in [0.05, 0.1) is 0 Å². The van der Waals surface area contributed by atoms with Crippen molar-refractivity contribution in [3.05, 3.63) is 70.6 Å². The number of hydrogen-bond donors (Lipinski definition) is 0. The predicted molar refractivity (Wildman–Crippen MR) is 82.4 cm³/mol. The van der Waals surface area contributed by atoms with Gasteiger partial charge in [-0.3, -0.25) is 4.79 Å². The van der Waals surface area contributed by atoms with Crippen LogP contribution in [0.2, 0.25) is 5.02 Å². The number of rotatable bonds is 3. The highest BCUT2D eigenvalue weighted by molar-refractivity contribution is 6.31. The van der Waals surface area contributed by atoms with Gasteiger partial charge >= 0.3 is 0 Å². The second-order valence-electron chi connectivity index (χ2n) is 5.04. The van der Waals surface area contributed by atoms with Crippen LogP contribution in [0.4, 0.5) is 4.39 Å². The first kappa shape index (κ1) is 13.8. The maximum atomic E-state index is 12.9. The van der Waals surface area contributed by atoms with Gasteiger partial charge in [-0.1, -0.05) is 29.8 Å². The van der Waals surface area contributed by atoms with Crippen molar-refractivity contribution in [2.24, 2.45) is 7.05 Å². The lowest BCUT2D eigenvalue weighted by Gasteiger charge is -2.01. The molecule has 0 radical (unpaired) electrons. The normalized spacial score (nSPS) is 11.0. The molecular weight excluding hydrogens is 289 g/mol. The Morgan fingerprint density at radius 3 is 2.62 bits per heavy atom. The molecule has 0 unspecified atom stereocenters. The van der Waals surface area contributed by atoms with Crippen LogP contribution in [-0.4, -0.2) is 10.4 Å². The Labute approximate surface area is 126 Å².